The van der Waals surface area contributed by atoms with Gasteiger partial charge in [0.1, 0.15) is 0 Å². The fourth-order valence-electron chi connectivity index (χ4n) is 2.14. The third kappa shape index (κ3) is 4.05. The van der Waals surface area contributed by atoms with Gasteiger partial charge in [-0.25, -0.2) is 0 Å². The zero-order valence-electron chi connectivity index (χ0n) is 10.1. The third-order valence-corrected chi connectivity index (χ3v) is 2.97. The fourth-order valence-corrected chi connectivity index (χ4v) is 2.14. The van der Waals surface area contributed by atoms with Gasteiger partial charge in [0.05, 0.1) is 12.3 Å². The Morgan fingerprint density at radius 3 is 2.22 bits per heavy atom. The number of hydrogen-bond acceptors (Lipinski definition) is 1. The van der Waals surface area contributed by atoms with Crippen LogP contribution in [0.3, 0.4) is 0 Å². The van der Waals surface area contributed by atoms with E-state index in [2.05, 4.69) is 0 Å². The van der Waals surface area contributed by atoms with Crippen molar-refractivity contribution in [1.29, 1.82) is 0 Å². The summed E-state index contributed by atoms with van der Waals surface area (Å²) in [6.45, 7) is 1.75. The highest BCUT2D eigenvalue weighted by Crippen LogP contribution is 2.35. The van der Waals surface area contributed by atoms with Gasteiger partial charge in [-0.05, 0) is 17.9 Å². The molecule has 0 radical (unpaired) electrons. The lowest BCUT2D eigenvalue weighted by Crippen LogP contribution is -2.32. The Kier molecular flexibility index (Phi) is 4.76. The number of halogens is 3. The highest BCUT2D eigenvalue weighted by molar-refractivity contribution is 5.77. The molecular weight excluding hydrogens is 243 g/mol. The Labute approximate surface area is 104 Å². The molecule has 2 unspecified atom stereocenters. The van der Waals surface area contributed by atoms with Gasteiger partial charge in [0.2, 0.25) is 5.91 Å². The Balaban J connectivity index is 2.99. The van der Waals surface area contributed by atoms with Crippen LogP contribution in [-0.2, 0) is 4.79 Å². The summed E-state index contributed by atoms with van der Waals surface area (Å²) in [6.07, 6.45) is -5.12. The smallest absolute Gasteiger partial charge is 0.369 e. The molecule has 5 heteroatoms. The highest BCUT2D eigenvalue weighted by atomic mass is 19.4. The van der Waals surface area contributed by atoms with Crippen LogP contribution in [0.25, 0.3) is 0 Å². The summed E-state index contributed by atoms with van der Waals surface area (Å²) in [7, 11) is 0. The second kappa shape index (κ2) is 5.89. The van der Waals surface area contributed by atoms with E-state index in [9.17, 15) is 18.0 Å². The van der Waals surface area contributed by atoms with Crippen LogP contribution in [0.4, 0.5) is 13.2 Å². The summed E-state index contributed by atoms with van der Waals surface area (Å²) >= 11 is 0. The summed E-state index contributed by atoms with van der Waals surface area (Å²) < 4.78 is 37.4. The highest BCUT2D eigenvalue weighted by Gasteiger charge is 2.38. The molecule has 0 aromatic heterocycles. The van der Waals surface area contributed by atoms with Crippen LogP contribution >= 0.6 is 0 Å². The minimum absolute atomic E-state index is 0.438. The van der Waals surface area contributed by atoms with Crippen molar-refractivity contribution in [1.82, 2.24) is 0 Å². The second-order valence-electron chi connectivity index (χ2n) is 4.25. The molecule has 0 saturated heterocycles. The van der Waals surface area contributed by atoms with Gasteiger partial charge in [-0.2, -0.15) is 13.2 Å². The van der Waals surface area contributed by atoms with Crippen LogP contribution in [0.15, 0.2) is 30.3 Å². The van der Waals surface area contributed by atoms with E-state index in [0.717, 1.165) is 0 Å². The first-order valence-electron chi connectivity index (χ1n) is 5.76. The van der Waals surface area contributed by atoms with E-state index in [4.69, 9.17) is 5.73 Å². The average molecular weight is 259 g/mol. The summed E-state index contributed by atoms with van der Waals surface area (Å²) in [6, 6.07) is 8.70. The second-order valence-corrected chi connectivity index (χ2v) is 4.25. The average Bonchev–Trinajstić information content (AvgIpc) is 2.28. The molecule has 1 rings (SSSR count). The summed E-state index contributed by atoms with van der Waals surface area (Å²) in [5.41, 5.74) is 5.83. The van der Waals surface area contributed by atoms with Crippen molar-refractivity contribution in [2.75, 3.05) is 0 Å². The van der Waals surface area contributed by atoms with E-state index >= 15 is 0 Å². The van der Waals surface area contributed by atoms with Crippen LogP contribution in [0.5, 0.6) is 0 Å². The van der Waals surface area contributed by atoms with Crippen LogP contribution in [0, 0.1) is 5.92 Å². The van der Waals surface area contributed by atoms with E-state index < -0.39 is 30.3 Å². The molecule has 0 aliphatic carbocycles. The first-order valence-corrected chi connectivity index (χ1v) is 5.76. The zero-order chi connectivity index (χ0) is 13.8. The molecule has 0 saturated carbocycles. The minimum Gasteiger partial charge on any atom is -0.369 e. The van der Waals surface area contributed by atoms with Crippen molar-refractivity contribution in [3.05, 3.63) is 35.9 Å². The van der Waals surface area contributed by atoms with E-state index in [1.807, 2.05) is 0 Å². The van der Waals surface area contributed by atoms with Crippen LogP contribution in [0.2, 0.25) is 0 Å². The molecule has 2 nitrogen and oxygen atoms in total. The van der Waals surface area contributed by atoms with E-state index in [1.54, 1.807) is 37.3 Å². The molecule has 0 bridgehead atoms. The van der Waals surface area contributed by atoms with Crippen molar-refractivity contribution in [3.8, 4) is 0 Å². The van der Waals surface area contributed by atoms with Crippen LogP contribution < -0.4 is 5.73 Å². The van der Waals surface area contributed by atoms with Gasteiger partial charge < -0.3 is 5.73 Å². The SMILES string of the molecule is CCC(c1ccccc1)C(CC(F)(F)F)C(N)=O. The van der Waals surface area contributed by atoms with E-state index in [0.29, 0.717) is 12.0 Å². The quantitative estimate of drug-likeness (QED) is 0.866. The molecule has 100 valence electrons. The number of primary amides is 1. The van der Waals surface area contributed by atoms with Crippen LogP contribution in [0.1, 0.15) is 31.2 Å². The number of rotatable bonds is 5. The number of nitrogens with two attached hydrogens (primary N) is 1. The molecule has 0 fully saturated rings. The van der Waals surface area contributed by atoms with Crippen LogP contribution in [-0.4, -0.2) is 12.1 Å². The van der Waals surface area contributed by atoms with Gasteiger partial charge >= 0.3 is 6.18 Å². The van der Waals surface area contributed by atoms with Gasteiger partial charge in [-0.3, -0.25) is 4.79 Å². The van der Waals surface area contributed by atoms with Gasteiger partial charge in [-0.15, -0.1) is 0 Å². The Bertz CT molecular complexity index is 389. The molecule has 1 amide bonds. The third-order valence-electron chi connectivity index (χ3n) is 2.97. The maximum Gasteiger partial charge on any atom is 0.389 e. The lowest BCUT2D eigenvalue weighted by molar-refractivity contribution is -0.154. The predicted molar refractivity (Wildman–Crippen MR) is 62.8 cm³/mol. The van der Waals surface area contributed by atoms with E-state index in [-0.39, 0.29) is 0 Å². The monoisotopic (exact) mass is 259 g/mol. The van der Waals surface area contributed by atoms with E-state index in [1.165, 1.54) is 0 Å². The molecular formula is C13H16F3NO. The number of hydrogen-bond donors (Lipinski definition) is 1. The zero-order valence-corrected chi connectivity index (χ0v) is 10.1. The molecule has 2 atom stereocenters. The first-order chi connectivity index (χ1) is 8.35. The lowest BCUT2D eigenvalue weighted by atomic mass is 9.81. The first kappa shape index (κ1) is 14.5. The molecule has 2 N–H and O–H groups in total. The van der Waals surface area contributed by atoms with Crippen molar-refractivity contribution in [2.45, 2.75) is 31.9 Å². The summed E-state index contributed by atoms with van der Waals surface area (Å²) in [5, 5.41) is 0. The molecule has 0 heterocycles. The summed E-state index contributed by atoms with van der Waals surface area (Å²) in [5.74, 6) is -2.61. The maximum absolute atomic E-state index is 12.5. The van der Waals surface area contributed by atoms with Crippen molar-refractivity contribution < 1.29 is 18.0 Å². The van der Waals surface area contributed by atoms with Gasteiger partial charge in [0.15, 0.2) is 0 Å². The Hall–Kier alpha value is -1.52. The molecule has 18 heavy (non-hydrogen) atoms. The maximum atomic E-state index is 12.5. The molecule has 1 aromatic rings. The Morgan fingerprint density at radius 2 is 1.83 bits per heavy atom. The summed E-state index contributed by atoms with van der Waals surface area (Å²) in [4.78, 5) is 11.3. The normalized spacial score (nSPS) is 15.1. The largest absolute Gasteiger partial charge is 0.389 e. The number of carbonyl (C=O) groups excluding carboxylic acids is 1. The van der Waals surface area contributed by atoms with Crippen molar-refractivity contribution in [2.24, 2.45) is 11.7 Å². The van der Waals surface area contributed by atoms with Gasteiger partial charge in [-0.1, -0.05) is 37.3 Å². The molecule has 1 aromatic carbocycles. The molecule has 0 aliphatic heterocycles. The van der Waals surface area contributed by atoms with Crippen molar-refractivity contribution >= 4 is 5.91 Å². The topological polar surface area (TPSA) is 43.1 Å². The van der Waals surface area contributed by atoms with Gasteiger partial charge in [0.25, 0.3) is 0 Å². The predicted octanol–water partition coefficient (Wildman–Crippen LogP) is 3.23. The number of carbonyl (C=O) groups is 1. The lowest BCUT2D eigenvalue weighted by Gasteiger charge is -2.25. The van der Waals surface area contributed by atoms with Crippen molar-refractivity contribution in [3.63, 3.8) is 0 Å². The molecule has 0 spiro atoms. The Morgan fingerprint density at radius 1 is 1.28 bits per heavy atom. The van der Waals surface area contributed by atoms with Gasteiger partial charge in [0, 0.05) is 0 Å². The standard InChI is InChI=1S/C13H16F3NO/c1-2-10(9-6-4-3-5-7-9)11(12(17)18)8-13(14,15)16/h3-7,10-11H,2,8H2,1H3,(H2,17,18). The fraction of sp³-hybridized carbons (Fsp3) is 0.462. The number of alkyl halides is 3. The number of amides is 1. The molecule has 0 aliphatic rings. The minimum atomic E-state index is -4.39. The number of benzene rings is 1.